The molecule has 0 aliphatic heterocycles. The maximum atomic E-state index is 13.0. The van der Waals surface area contributed by atoms with Crippen molar-refractivity contribution in [1.82, 2.24) is 29.7 Å². The smallest absolute Gasteiger partial charge is 0.475 e. The lowest BCUT2D eigenvalue weighted by Crippen LogP contribution is -2.21. The predicted molar refractivity (Wildman–Crippen MR) is 209 cm³/mol. The molecule has 1 aromatic carbocycles. The number of carboxylic acid groups (broad SMARTS) is 8. The van der Waals surface area contributed by atoms with E-state index in [9.17, 15) is 119 Å². The van der Waals surface area contributed by atoms with E-state index in [0.29, 0.717) is 5.69 Å². The SMILES string of the molecule is Nc1nc(-c2ccccn2)nc(-n2nc(-c3cccc(C(F)(F)F)c3)cc2N)n1.O=C(O)C(F)(F)F.O=C(O)C(F)(F)F.O=C(O)C(F)(F)F.O=C(O)C(F)(F)F.O=C(O)C(F)(F)F.O=C(O)C(F)(F)F.O=C(O)C(F)(F)F.O=C(O)C(F)(F)F. The highest BCUT2D eigenvalue weighted by molar-refractivity contribution is 5.75. The van der Waals surface area contributed by atoms with Crippen LogP contribution in [-0.2, 0) is 44.5 Å². The van der Waals surface area contributed by atoms with Gasteiger partial charge in [0.25, 0.3) is 5.95 Å². The van der Waals surface area contributed by atoms with Gasteiger partial charge in [0.1, 0.15) is 11.5 Å². The second-order valence-corrected chi connectivity index (χ2v) is 12.4. The lowest BCUT2D eigenvalue weighted by molar-refractivity contribution is -0.193. The lowest BCUT2D eigenvalue weighted by Gasteiger charge is -2.07. The molecule has 0 saturated carbocycles. The monoisotopic (exact) mass is 1310 g/mol. The quantitative estimate of drug-likeness (QED) is 0.0867. The summed E-state index contributed by atoms with van der Waals surface area (Å²) in [6.45, 7) is 0. The number of nitrogen functional groups attached to an aromatic ring is 2. The fraction of sp³-hybridized carbons (Fsp3) is 0.265. The average Bonchev–Trinajstić information content (AvgIpc) is 3.69. The van der Waals surface area contributed by atoms with Gasteiger partial charge in [-0.05, 0) is 24.3 Å². The molecule has 3 heterocycles. The van der Waals surface area contributed by atoms with Gasteiger partial charge in [0, 0.05) is 17.8 Å². The van der Waals surface area contributed by atoms with Crippen LogP contribution in [0.4, 0.5) is 130 Å². The van der Waals surface area contributed by atoms with Crippen LogP contribution in [0.5, 0.6) is 0 Å². The Kier molecular flexibility index (Phi) is 32.8. The molecule has 0 radical (unpaired) electrons. The number of pyridine rings is 1. The van der Waals surface area contributed by atoms with Gasteiger partial charge in [0.05, 0.1) is 11.3 Å². The number of nitrogens with two attached hydrogens (primary N) is 2. The van der Waals surface area contributed by atoms with E-state index in [1.54, 1.807) is 24.4 Å². The van der Waals surface area contributed by atoms with Crippen molar-refractivity contribution in [3.05, 3.63) is 60.3 Å². The number of anilines is 2. The van der Waals surface area contributed by atoms with Gasteiger partial charge in [-0.3, -0.25) is 4.98 Å². The molecule has 24 nitrogen and oxygen atoms in total. The zero-order valence-corrected chi connectivity index (χ0v) is 38.6. The summed E-state index contributed by atoms with van der Waals surface area (Å²) in [5, 5.41) is 61.2. The summed E-state index contributed by atoms with van der Waals surface area (Å²) in [6.07, 6.45) is -43.6. The zero-order valence-electron chi connectivity index (χ0n) is 38.6. The number of benzene rings is 1. The van der Waals surface area contributed by atoms with Gasteiger partial charge in [-0.25, -0.2) is 38.4 Å². The van der Waals surface area contributed by atoms with Gasteiger partial charge in [0.2, 0.25) is 5.95 Å². The minimum absolute atomic E-state index is 0.0221. The number of hydrogen-bond acceptors (Lipinski definition) is 15. The van der Waals surface area contributed by atoms with Crippen LogP contribution in [0.2, 0.25) is 0 Å². The summed E-state index contributed by atoms with van der Waals surface area (Å²) in [5.74, 6) is -21.8. The van der Waals surface area contributed by atoms with Gasteiger partial charge >= 0.3 is 103 Å². The maximum absolute atomic E-state index is 13.0. The molecule has 85 heavy (non-hydrogen) atoms. The van der Waals surface area contributed by atoms with Crippen LogP contribution in [-0.4, -0.2) is 168 Å². The van der Waals surface area contributed by atoms with E-state index in [1.165, 1.54) is 22.9 Å². The van der Waals surface area contributed by atoms with Gasteiger partial charge in [-0.15, -0.1) is 0 Å². The molecular weight excluding hydrogens is 1290 g/mol. The Bertz CT molecular complexity index is 2540. The Morgan fingerprint density at radius 2 is 0.671 bits per heavy atom. The third kappa shape index (κ3) is 40.0. The fourth-order valence-electron chi connectivity index (χ4n) is 2.64. The number of carboxylic acids is 8. The first-order valence-electron chi connectivity index (χ1n) is 18.2. The van der Waals surface area contributed by atoms with Crippen LogP contribution < -0.4 is 11.5 Å². The molecule has 0 spiro atoms. The van der Waals surface area contributed by atoms with Crippen molar-refractivity contribution >= 4 is 59.5 Å². The van der Waals surface area contributed by atoms with Crippen LogP contribution >= 0.6 is 0 Å². The molecule has 0 fully saturated rings. The third-order valence-electron chi connectivity index (χ3n) is 5.89. The summed E-state index contributed by atoms with van der Waals surface area (Å²) < 4.78 is 294. The van der Waals surface area contributed by atoms with Gasteiger partial charge in [0.15, 0.2) is 5.82 Å². The van der Waals surface area contributed by atoms with E-state index in [4.69, 9.17) is 90.7 Å². The molecule has 51 heteroatoms. The van der Waals surface area contributed by atoms with Crippen molar-refractivity contribution in [1.29, 1.82) is 0 Å². The summed E-state index contributed by atoms with van der Waals surface area (Å²) in [5.41, 5.74) is 11.9. The number of halogens is 27. The Hall–Kier alpha value is -9.94. The molecule has 0 aliphatic carbocycles. The number of aliphatic carboxylic acids is 8. The third-order valence-corrected chi connectivity index (χ3v) is 5.89. The minimum atomic E-state index is -5.08. The highest BCUT2D eigenvalue weighted by Crippen LogP contribution is 2.33. The second-order valence-electron chi connectivity index (χ2n) is 12.4. The second kappa shape index (κ2) is 33.2. The standard InChI is InChI=1S/C18H13F3N8.8C2HF3O2/c19-18(20,21)11-5-3-4-10(8-11)13-9-14(22)29(28-13)17-26-15(25-16(23)27-17)12-6-1-2-7-24-12;8*3-2(4,5)1(6)7/h1-9H,22H2,(H2,23,25,26,27);8*(H,6,7). The summed E-state index contributed by atoms with van der Waals surface area (Å²) in [7, 11) is 0. The van der Waals surface area contributed by atoms with Crippen molar-refractivity contribution in [2.24, 2.45) is 0 Å². The number of alkyl halides is 27. The Morgan fingerprint density at radius 3 is 0.918 bits per heavy atom. The molecule has 0 atom stereocenters. The minimum Gasteiger partial charge on any atom is -0.475 e. The molecule has 12 N–H and O–H groups in total. The number of aromatic nitrogens is 6. The van der Waals surface area contributed by atoms with E-state index in [1.807, 2.05) is 0 Å². The molecule has 0 bridgehead atoms. The number of hydrogen-bond donors (Lipinski definition) is 10. The summed E-state index contributed by atoms with van der Waals surface area (Å²) in [4.78, 5) is 87.7. The topological polar surface area (TPSA) is 420 Å². The van der Waals surface area contributed by atoms with Crippen LogP contribution in [0.25, 0.3) is 28.7 Å². The van der Waals surface area contributed by atoms with Crippen molar-refractivity contribution in [2.75, 3.05) is 11.5 Å². The molecule has 0 aliphatic rings. The number of rotatable bonds is 3. The van der Waals surface area contributed by atoms with E-state index in [2.05, 4.69) is 25.0 Å². The Labute approximate surface area is 443 Å². The highest BCUT2D eigenvalue weighted by atomic mass is 19.4. The number of nitrogens with zero attached hydrogens (tertiary/aromatic N) is 6. The van der Waals surface area contributed by atoms with Gasteiger partial charge < -0.3 is 52.3 Å². The van der Waals surface area contributed by atoms with Crippen molar-refractivity contribution in [3.63, 3.8) is 0 Å². The first-order valence-corrected chi connectivity index (χ1v) is 18.2. The first kappa shape index (κ1) is 83.9. The Morgan fingerprint density at radius 1 is 0.376 bits per heavy atom. The van der Waals surface area contributed by atoms with Crippen molar-refractivity contribution in [2.45, 2.75) is 55.6 Å². The Balaban J connectivity index is -0.000000316. The van der Waals surface area contributed by atoms with Gasteiger partial charge in [-0.1, -0.05) is 18.2 Å². The molecule has 0 amide bonds. The summed E-state index contributed by atoms with van der Waals surface area (Å²) >= 11 is 0. The van der Waals surface area contributed by atoms with E-state index in [-0.39, 0.29) is 34.8 Å². The fourth-order valence-corrected chi connectivity index (χ4v) is 2.64. The van der Waals surface area contributed by atoms with Crippen molar-refractivity contribution < 1.29 is 198 Å². The molecule has 3 aromatic heterocycles. The van der Waals surface area contributed by atoms with E-state index in [0.717, 1.165) is 12.1 Å². The van der Waals surface area contributed by atoms with Crippen molar-refractivity contribution in [3.8, 4) is 28.7 Å². The van der Waals surface area contributed by atoms with Crippen LogP contribution in [0.1, 0.15) is 5.56 Å². The largest absolute Gasteiger partial charge is 0.490 e. The normalized spacial score (nSPS) is 11.4. The molecule has 4 rings (SSSR count). The zero-order chi connectivity index (χ0) is 69.2. The first-order chi connectivity index (χ1) is 37.4. The summed E-state index contributed by atoms with van der Waals surface area (Å²) in [6, 6.07) is 11.4. The predicted octanol–water partition coefficient (Wildman–Crippen LogP) is 8.04. The lowest BCUT2D eigenvalue weighted by atomic mass is 10.1. The van der Waals surface area contributed by atoms with E-state index >= 15 is 0 Å². The van der Waals surface area contributed by atoms with Gasteiger partial charge in [-0.2, -0.15) is 143 Å². The van der Waals surface area contributed by atoms with Crippen LogP contribution in [0.15, 0.2) is 54.7 Å². The average molecular weight is 1310 g/mol. The number of carbonyl (C=O) groups is 8. The van der Waals surface area contributed by atoms with Crippen LogP contribution in [0, 0.1) is 0 Å². The van der Waals surface area contributed by atoms with E-state index < -0.39 is 109 Å². The molecule has 482 valence electrons. The maximum Gasteiger partial charge on any atom is 0.490 e. The highest BCUT2D eigenvalue weighted by Gasteiger charge is 2.42. The molecular formula is C34H21F27N8O16. The van der Waals surface area contributed by atoms with Crippen LogP contribution in [0.3, 0.4) is 0 Å². The molecule has 4 aromatic rings. The molecule has 0 saturated heterocycles. The molecule has 0 unspecified atom stereocenters.